The summed E-state index contributed by atoms with van der Waals surface area (Å²) < 4.78 is 10.9. The second kappa shape index (κ2) is 9.13. The summed E-state index contributed by atoms with van der Waals surface area (Å²) in [4.78, 5) is 13.5. The lowest BCUT2D eigenvalue weighted by Gasteiger charge is -2.36. The van der Waals surface area contributed by atoms with Crippen LogP contribution < -0.4 is 14.8 Å². The largest absolute Gasteiger partial charge is 0.454 e. The predicted molar refractivity (Wildman–Crippen MR) is 113 cm³/mol. The van der Waals surface area contributed by atoms with Gasteiger partial charge in [-0.05, 0) is 48.2 Å². The highest BCUT2D eigenvalue weighted by atomic mass is 16.7. The Balaban J connectivity index is 1.24. The number of nitrogens with zero attached hydrogens (tertiary/aromatic N) is 4. The lowest BCUT2D eigenvalue weighted by molar-refractivity contribution is 0.171. The molecule has 0 amide bonds. The van der Waals surface area contributed by atoms with Gasteiger partial charge in [-0.25, -0.2) is 0 Å². The number of fused-ring (bicyclic) bond motifs is 1. The quantitative estimate of drug-likeness (QED) is 0.618. The van der Waals surface area contributed by atoms with E-state index in [-0.39, 0.29) is 0 Å². The summed E-state index contributed by atoms with van der Waals surface area (Å²) in [5.74, 6) is 2.69. The maximum atomic E-state index is 5.49. The fourth-order valence-corrected chi connectivity index (χ4v) is 3.84. The van der Waals surface area contributed by atoms with Crippen LogP contribution in [0.15, 0.2) is 41.7 Å². The molecule has 3 heterocycles. The number of ether oxygens (including phenoxy) is 2. The zero-order valence-corrected chi connectivity index (χ0v) is 17.2. The summed E-state index contributed by atoms with van der Waals surface area (Å²) in [5.41, 5.74) is 3.83. The van der Waals surface area contributed by atoms with Crippen LogP contribution in [0, 0.1) is 6.92 Å². The molecule has 0 spiro atoms. The summed E-state index contributed by atoms with van der Waals surface area (Å²) in [5, 5.41) is 3.51. The number of guanidine groups is 1. The highest BCUT2D eigenvalue weighted by Gasteiger charge is 2.20. The first-order valence-electron chi connectivity index (χ1n) is 10.2. The van der Waals surface area contributed by atoms with Crippen molar-refractivity contribution in [1.82, 2.24) is 20.1 Å². The maximum absolute atomic E-state index is 5.49. The number of nitrogens with one attached hydrogen (secondary N) is 1. The van der Waals surface area contributed by atoms with Gasteiger partial charge in [0.15, 0.2) is 17.5 Å². The summed E-state index contributed by atoms with van der Waals surface area (Å²) in [6.07, 6.45) is 4.75. The molecule has 0 saturated carbocycles. The molecule has 1 aromatic heterocycles. The highest BCUT2D eigenvalue weighted by molar-refractivity contribution is 5.80. The van der Waals surface area contributed by atoms with Crippen molar-refractivity contribution in [3.8, 4) is 11.5 Å². The van der Waals surface area contributed by atoms with E-state index in [1.807, 2.05) is 25.5 Å². The Kier molecular flexibility index (Phi) is 6.14. The maximum Gasteiger partial charge on any atom is 0.231 e. The number of aliphatic imine (C=N–C) groups is 1. The molecule has 0 bridgehead atoms. The van der Waals surface area contributed by atoms with Gasteiger partial charge in [-0.3, -0.25) is 14.9 Å². The normalized spacial score (nSPS) is 16.9. The van der Waals surface area contributed by atoms with Crippen molar-refractivity contribution in [2.45, 2.75) is 19.9 Å². The third-order valence-electron chi connectivity index (χ3n) is 5.54. The zero-order valence-electron chi connectivity index (χ0n) is 17.2. The number of aryl methyl sites for hydroxylation is 1. The van der Waals surface area contributed by atoms with E-state index in [9.17, 15) is 0 Å². The van der Waals surface area contributed by atoms with Crippen molar-refractivity contribution in [3.05, 3.63) is 53.3 Å². The number of benzene rings is 1. The van der Waals surface area contributed by atoms with E-state index >= 15 is 0 Å². The van der Waals surface area contributed by atoms with Crippen LogP contribution in [0.25, 0.3) is 0 Å². The molecule has 1 aromatic carbocycles. The fraction of sp³-hybridized carbons (Fsp3) is 0.455. The van der Waals surface area contributed by atoms with E-state index in [4.69, 9.17) is 9.47 Å². The molecule has 29 heavy (non-hydrogen) atoms. The minimum Gasteiger partial charge on any atom is -0.454 e. The Morgan fingerprint density at radius 3 is 2.76 bits per heavy atom. The van der Waals surface area contributed by atoms with Crippen molar-refractivity contribution >= 4 is 5.96 Å². The van der Waals surface area contributed by atoms with Crippen molar-refractivity contribution in [1.29, 1.82) is 0 Å². The van der Waals surface area contributed by atoms with Gasteiger partial charge in [0.05, 0.1) is 0 Å². The van der Waals surface area contributed by atoms with E-state index in [1.54, 1.807) is 0 Å². The van der Waals surface area contributed by atoms with Crippen LogP contribution in [0.5, 0.6) is 11.5 Å². The summed E-state index contributed by atoms with van der Waals surface area (Å²) in [7, 11) is 1.86. The molecule has 1 saturated heterocycles. The van der Waals surface area contributed by atoms with Crippen LogP contribution in [-0.2, 0) is 13.0 Å². The van der Waals surface area contributed by atoms with Gasteiger partial charge in [-0.2, -0.15) is 0 Å². The van der Waals surface area contributed by atoms with Crippen LogP contribution in [0.4, 0.5) is 0 Å². The van der Waals surface area contributed by atoms with Gasteiger partial charge >= 0.3 is 0 Å². The first-order valence-corrected chi connectivity index (χ1v) is 10.2. The number of hydrogen-bond donors (Lipinski definition) is 1. The van der Waals surface area contributed by atoms with Gasteiger partial charge in [0.25, 0.3) is 0 Å². The number of pyridine rings is 1. The monoisotopic (exact) mass is 395 g/mol. The molecule has 0 unspecified atom stereocenters. The van der Waals surface area contributed by atoms with Crippen LogP contribution in [0.3, 0.4) is 0 Å². The lowest BCUT2D eigenvalue weighted by atomic mass is 10.1. The second-order valence-corrected chi connectivity index (χ2v) is 7.48. The molecule has 154 valence electrons. The first-order chi connectivity index (χ1) is 14.2. The Bertz CT molecular complexity index is 862. The van der Waals surface area contributed by atoms with Gasteiger partial charge in [0.1, 0.15) is 0 Å². The molecule has 7 nitrogen and oxygen atoms in total. The number of rotatable bonds is 5. The number of piperazine rings is 1. The average Bonchev–Trinajstić information content (AvgIpc) is 3.21. The first kappa shape index (κ1) is 19.5. The third-order valence-corrected chi connectivity index (χ3v) is 5.54. The van der Waals surface area contributed by atoms with Crippen molar-refractivity contribution < 1.29 is 9.47 Å². The minimum absolute atomic E-state index is 0.324. The van der Waals surface area contributed by atoms with Gasteiger partial charge in [-0.1, -0.05) is 6.07 Å². The number of hydrogen-bond acceptors (Lipinski definition) is 5. The molecule has 4 rings (SSSR count). The van der Waals surface area contributed by atoms with Crippen LogP contribution in [0.1, 0.15) is 16.7 Å². The van der Waals surface area contributed by atoms with E-state index < -0.39 is 0 Å². The molecular formula is C22H29N5O2. The molecule has 7 heteroatoms. The fourth-order valence-electron chi connectivity index (χ4n) is 3.84. The molecule has 2 aliphatic rings. The van der Waals surface area contributed by atoms with Crippen molar-refractivity contribution in [2.75, 3.05) is 46.6 Å². The minimum atomic E-state index is 0.324. The molecule has 0 radical (unpaired) electrons. The molecular weight excluding hydrogens is 366 g/mol. The Labute approximate surface area is 172 Å². The van der Waals surface area contributed by atoms with Crippen LogP contribution in [-0.4, -0.2) is 67.3 Å². The number of aromatic nitrogens is 1. The average molecular weight is 396 g/mol. The van der Waals surface area contributed by atoms with Crippen molar-refractivity contribution in [3.63, 3.8) is 0 Å². The van der Waals surface area contributed by atoms with Crippen molar-refractivity contribution in [2.24, 2.45) is 4.99 Å². The van der Waals surface area contributed by atoms with Crippen LogP contribution in [0.2, 0.25) is 0 Å². The molecule has 0 atom stereocenters. The topological polar surface area (TPSA) is 62.2 Å². The highest BCUT2D eigenvalue weighted by Crippen LogP contribution is 2.32. The van der Waals surface area contributed by atoms with Gasteiger partial charge in [0, 0.05) is 58.7 Å². The lowest BCUT2D eigenvalue weighted by Crippen LogP contribution is -2.52. The Morgan fingerprint density at radius 2 is 1.97 bits per heavy atom. The zero-order chi connectivity index (χ0) is 20.1. The second-order valence-electron chi connectivity index (χ2n) is 7.48. The van der Waals surface area contributed by atoms with Gasteiger partial charge in [0.2, 0.25) is 6.79 Å². The molecule has 1 fully saturated rings. The van der Waals surface area contributed by atoms with E-state index in [1.165, 1.54) is 16.7 Å². The summed E-state index contributed by atoms with van der Waals surface area (Å²) >= 11 is 0. The molecule has 2 aliphatic heterocycles. The van der Waals surface area contributed by atoms with E-state index in [0.717, 1.165) is 63.1 Å². The molecule has 0 aliphatic carbocycles. The van der Waals surface area contributed by atoms with E-state index in [0.29, 0.717) is 6.79 Å². The molecule has 2 aromatic rings. The van der Waals surface area contributed by atoms with Gasteiger partial charge < -0.3 is 19.7 Å². The van der Waals surface area contributed by atoms with Crippen LogP contribution >= 0.6 is 0 Å². The predicted octanol–water partition coefficient (Wildman–Crippen LogP) is 2.05. The molecule has 1 N–H and O–H groups in total. The SMILES string of the molecule is CN=C(NCCc1ccncc1C)N1CCN(Cc2ccc3c(c2)OCO3)CC1. The van der Waals surface area contributed by atoms with E-state index in [2.05, 4.69) is 50.2 Å². The standard InChI is InChI=1S/C22H29N5O2/c1-17-14-24-7-5-19(17)6-8-25-22(23-2)27-11-9-26(10-12-27)15-18-3-4-20-21(13-18)29-16-28-20/h3-5,7,13-14H,6,8-12,15-16H2,1-2H3,(H,23,25). The third kappa shape index (κ3) is 4.79. The Morgan fingerprint density at radius 1 is 1.14 bits per heavy atom. The Hall–Kier alpha value is -2.80. The summed E-state index contributed by atoms with van der Waals surface area (Å²) in [6.45, 7) is 8.20. The van der Waals surface area contributed by atoms with Gasteiger partial charge in [-0.15, -0.1) is 0 Å². The summed E-state index contributed by atoms with van der Waals surface area (Å²) in [6, 6.07) is 8.32. The smallest absolute Gasteiger partial charge is 0.231 e.